The van der Waals surface area contributed by atoms with Gasteiger partial charge in [0.25, 0.3) is 0 Å². The van der Waals surface area contributed by atoms with Crippen LogP contribution in [0.4, 0.5) is 23.2 Å². The Morgan fingerprint density at radius 3 is 2.32 bits per heavy atom. The third kappa shape index (κ3) is 3.09. The van der Waals surface area contributed by atoms with Crippen LogP contribution in [0.25, 0.3) is 0 Å². The Kier molecular flexibility index (Phi) is 3.24. The van der Waals surface area contributed by atoms with Crippen LogP contribution in [0.2, 0.25) is 0 Å². The van der Waals surface area contributed by atoms with Crippen LogP contribution >= 0.6 is 0 Å². The minimum Gasteiger partial charge on any atom is -0.424 e. The Bertz CT molecular complexity index is 583. The second-order valence-corrected chi connectivity index (χ2v) is 3.54. The summed E-state index contributed by atoms with van der Waals surface area (Å²) >= 11 is 0. The van der Waals surface area contributed by atoms with Crippen LogP contribution in [-0.2, 0) is 6.18 Å². The summed E-state index contributed by atoms with van der Waals surface area (Å²) in [4.78, 5) is 7.31. The lowest BCUT2D eigenvalue weighted by Crippen LogP contribution is -2.08. The van der Waals surface area contributed by atoms with Crippen LogP contribution in [0.1, 0.15) is 5.56 Å². The van der Waals surface area contributed by atoms with Crippen LogP contribution in [0, 0.1) is 5.82 Å². The van der Waals surface area contributed by atoms with Gasteiger partial charge >= 0.3 is 12.2 Å². The van der Waals surface area contributed by atoms with Crippen LogP contribution in [0.5, 0.6) is 11.8 Å². The molecule has 4 nitrogen and oxygen atoms in total. The Balaban J connectivity index is 2.29. The summed E-state index contributed by atoms with van der Waals surface area (Å²) in [5.74, 6) is -1.60. The molecule has 8 heteroatoms. The largest absolute Gasteiger partial charge is 0.424 e. The highest BCUT2D eigenvalue weighted by molar-refractivity contribution is 5.35. The molecule has 0 amide bonds. The van der Waals surface area contributed by atoms with Gasteiger partial charge in [-0.1, -0.05) is 0 Å². The van der Waals surface area contributed by atoms with E-state index in [0.29, 0.717) is 12.1 Å². The van der Waals surface area contributed by atoms with E-state index in [-0.39, 0.29) is 17.4 Å². The first-order valence-corrected chi connectivity index (χ1v) is 4.98. The molecule has 0 fully saturated rings. The van der Waals surface area contributed by atoms with Crippen LogP contribution in [0.15, 0.2) is 30.6 Å². The van der Waals surface area contributed by atoms with Gasteiger partial charge in [-0.05, 0) is 18.2 Å². The van der Waals surface area contributed by atoms with Gasteiger partial charge in [0, 0.05) is 0 Å². The molecule has 0 bridgehead atoms. The number of benzene rings is 1. The highest BCUT2D eigenvalue weighted by atomic mass is 19.4. The fourth-order valence-electron chi connectivity index (χ4n) is 1.27. The summed E-state index contributed by atoms with van der Waals surface area (Å²) in [7, 11) is 0. The van der Waals surface area contributed by atoms with Crippen molar-refractivity contribution in [2.24, 2.45) is 0 Å². The first-order chi connectivity index (χ1) is 8.86. The van der Waals surface area contributed by atoms with Gasteiger partial charge < -0.3 is 10.5 Å². The Hall–Kier alpha value is -2.38. The molecule has 0 unspecified atom stereocenters. The fourth-order valence-corrected chi connectivity index (χ4v) is 1.27. The van der Waals surface area contributed by atoms with Crippen molar-refractivity contribution < 1.29 is 22.3 Å². The molecule has 1 aromatic carbocycles. The van der Waals surface area contributed by atoms with Crippen molar-refractivity contribution in [1.29, 1.82) is 0 Å². The van der Waals surface area contributed by atoms with Gasteiger partial charge in [0.05, 0.1) is 23.6 Å². The average Bonchev–Trinajstić information content (AvgIpc) is 2.33. The van der Waals surface area contributed by atoms with Crippen LogP contribution in [0.3, 0.4) is 0 Å². The predicted molar refractivity (Wildman–Crippen MR) is 57.9 cm³/mol. The predicted octanol–water partition coefficient (Wildman–Crippen LogP) is 3.01. The van der Waals surface area contributed by atoms with E-state index in [2.05, 4.69) is 9.97 Å². The zero-order valence-electron chi connectivity index (χ0n) is 9.28. The van der Waals surface area contributed by atoms with Crippen molar-refractivity contribution in [2.45, 2.75) is 6.18 Å². The topological polar surface area (TPSA) is 61.0 Å². The highest BCUT2D eigenvalue weighted by Crippen LogP contribution is 2.34. The smallest absolute Gasteiger partial charge is 0.419 e. The van der Waals surface area contributed by atoms with Gasteiger partial charge in [-0.2, -0.15) is 13.2 Å². The maximum absolute atomic E-state index is 13.0. The van der Waals surface area contributed by atoms with Crippen molar-refractivity contribution in [3.63, 3.8) is 0 Å². The maximum atomic E-state index is 13.0. The summed E-state index contributed by atoms with van der Waals surface area (Å²) in [6.45, 7) is 0. The van der Waals surface area contributed by atoms with Crippen molar-refractivity contribution in [3.8, 4) is 11.8 Å². The number of rotatable bonds is 2. The molecular weight excluding hydrogens is 266 g/mol. The standard InChI is InChI=1S/C11H7F4N3O/c12-9-2-1-7(3-8(9)11(13,14)15)19-10-17-4-6(16)5-18-10/h1-5H,16H2. The van der Waals surface area contributed by atoms with E-state index in [9.17, 15) is 17.6 Å². The second-order valence-electron chi connectivity index (χ2n) is 3.54. The number of hydrogen-bond acceptors (Lipinski definition) is 4. The number of nitrogens with zero attached hydrogens (tertiary/aromatic N) is 2. The van der Waals surface area contributed by atoms with E-state index in [1.807, 2.05) is 0 Å². The lowest BCUT2D eigenvalue weighted by atomic mass is 10.2. The fraction of sp³-hybridized carbons (Fsp3) is 0.0909. The Morgan fingerprint density at radius 1 is 1.11 bits per heavy atom. The van der Waals surface area contributed by atoms with Crippen molar-refractivity contribution in [2.75, 3.05) is 5.73 Å². The molecule has 19 heavy (non-hydrogen) atoms. The molecule has 2 aromatic rings. The molecular formula is C11H7F4N3O. The van der Waals surface area contributed by atoms with E-state index in [0.717, 1.165) is 6.07 Å². The molecule has 0 aliphatic heterocycles. The lowest BCUT2D eigenvalue weighted by molar-refractivity contribution is -0.140. The number of hydrogen-bond donors (Lipinski definition) is 1. The van der Waals surface area contributed by atoms with Gasteiger partial charge in [0.2, 0.25) is 0 Å². The number of halogens is 4. The Labute approximate surface area is 104 Å². The van der Waals surface area contributed by atoms with Gasteiger partial charge in [-0.25, -0.2) is 14.4 Å². The average molecular weight is 273 g/mol. The third-order valence-corrected chi connectivity index (χ3v) is 2.10. The number of alkyl halides is 3. The molecule has 1 aromatic heterocycles. The van der Waals surface area contributed by atoms with Crippen molar-refractivity contribution in [1.82, 2.24) is 9.97 Å². The minimum atomic E-state index is -4.80. The molecule has 100 valence electrons. The van der Waals surface area contributed by atoms with Crippen molar-refractivity contribution in [3.05, 3.63) is 42.0 Å². The summed E-state index contributed by atoms with van der Waals surface area (Å²) in [5, 5.41) is 0. The molecule has 0 aliphatic rings. The maximum Gasteiger partial charge on any atom is 0.419 e. The lowest BCUT2D eigenvalue weighted by Gasteiger charge is -2.10. The number of aromatic nitrogens is 2. The van der Waals surface area contributed by atoms with Gasteiger partial charge in [0.15, 0.2) is 0 Å². The summed E-state index contributed by atoms with van der Waals surface area (Å²) < 4.78 is 55.4. The van der Waals surface area contributed by atoms with Gasteiger partial charge in [-0.15, -0.1) is 0 Å². The molecule has 0 spiro atoms. The zero-order valence-corrected chi connectivity index (χ0v) is 9.28. The van der Waals surface area contributed by atoms with E-state index in [4.69, 9.17) is 10.5 Å². The van der Waals surface area contributed by atoms with Crippen LogP contribution < -0.4 is 10.5 Å². The van der Waals surface area contributed by atoms with E-state index in [1.54, 1.807) is 0 Å². The first kappa shape index (κ1) is 13.1. The number of nitrogens with two attached hydrogens (primary N) is 1. The SMILES string of the molecule is Nc1cnc(Oc2ccc(F)c(C(F)(F)F)c2)nc1. The number of ether oxygens (including phenoxy) is 1. The molecule has 0 saturated heterocycles. The van der Waals surface area contributed by atoms with Gasteiger partial charge in [-0.3, -0.25) is 0 Å². The normalized spacial score (nSPS) is 11.4. The number of nitrogen functional groups attached to an aromatic ring is 1. The molecule has 0 saturated carbocycles. The van der Waals surface area contributed by atoms with Crippen LogP contribution in [-0.4, -0.2) is 9.97 Å². The number of anilines is 1. The Morgan fingerprint density at radius 2 is 1.74 bits per heavy atom. The zero-order chi connectivity index (χ0) is 14.0. The van der Waals surface area contributed by atoms with E-state index >= 15 is 0 Å². The molecule has 0 radical (unpaired) electrons. The molecule has 2 N–H and O–H groups in total. The first-order valence-electron chi connectivity index (χ1n) is 4.98. The molecule has 0 atom stereocenters. The van der Waals surface area contributed by atoms with E-state index in [1.165, 1.54) is 12.4 Å². The molecule has 1 heterocycles. The summed E-state index contributed by atoms with van der Waals surface area (Å²) in [6.07, 6.45) is -2.33. The minimum absolute atomic E-state index is 0.186. The highest BCUT2D eigenvalue weighted by Gasteiger charge is 2.34. The van der Waals surface area contributed by atoms with Crippen molar-refractivity contribution >= 4 is 5.69 Å². The van der Waals surface area contributed by atoms with Gasteiger partial charge in [0.1, 0.15) is 11.6 Å². The second kappa shape index (κ2) is 4.71. The summed E-state index contributed by atoms with van der Waals surface area (Å²) in [5.41, 5.74) is 4.21. The monoisotopic (exact) mass is 273 g/mol. The third-order valence-electron chi connectivity index (χ3n) is 2.10. The molecule has 0 aliphatic carbocycles. The quantitative estimate of drug-likeness (QED) is 0.854. The molecule has 2 rings (SSSR count). The van der Waals surface area contributed by atoms with E-state index < -0.39 is 17.6 Å². The summed E-state index contributed by atoms with van der Waals surface area (Å²) in [6, 6.07) is 2.06.